The van der Waals surface area contributed by atoms with E-state index < -0.39 is 0 Å². The lowest BCUT2D eigenvalue weighted by Gasteiger charge is -2.36. The summed E-state index contributed by atoms with van der Waals surface area (Å²) in [5.41, 5.74) is 0. The van der Waals surface area contributed by atoms with E-state index in [0.29, 0.717) is 23.0 Å². The summed E-state index contributed by atoms with van der Waals surface area (Å²) in [7, 11) is 13.1. The quantitative estimate of drug-likeness (QED) is 0.0626. The van der Waals surface area contributed by atoms with Gasteiger partial charge in [-0.2, -0.15) is 35.3 Å². The highest BCUT2D eigenvalue weighted by Gasteiger charge is 2.35. The van der Waals surface area contributed by atoms with E-state index in [-0.39, 0.29) is 11.9 Å². The van der Waals surface area contributed by atoms with Gasteiger partial charge in [-0.15, -0.1) is 0 Å². The normalized spacial score (nSPS) is 21.2. The van der Waals surface area contributed by atoms with E-state index in [9.17, 15) is 4.79 Å². The average Bonchev–Trinajstić information content (AvgIpc) is 2.97. The highest BCUT2D eigenvalue weighted by Crippen LogP contribution is 2.41. The maximum Gasteiger partial charge on any atom is 0.308 e. The summed E-state index contributed by atoms with van der Waals surface area (Å²) in [5.74, 6) is 5.94. The van der Waals surface area contributed by atoms with Gasteiger partial charge in [-0.3, -0.25) is 4.79 Å². The summed E-state index contributed by atoms with van der Waals surface area (Å²) in [6.07, 6.45) is 14.4. The van der Waals surface area contributed by atoms with Crippen molar-refractivity contribution in [2.24, 2.45) is 23.7 Å². The molecule has 1 rings (SSSR count). The van der Waals surface area contributed by atoms with Crippen LogP contribution in [0.4, 0.5) is 0 Å². The molecular weight excluding hydrogens is 615 g/mol. The molecule has 0 heterocycles. The maximum atomic E-state index is 13.1. The van der Waals surface area contributed by atoms with Crippen LogP contribution in [0.2, 0.25) is 0 Å². The van der Waals surface area contributed by atoms with E-state index >= 15 is 0 Å². The zero-order valence-corrected chi connectivity index (χ0v) is 33.8. The van der Waals surface area contributed by atoms with Crippen molar-refractivity contribution in [1.82, 2.24) is 14.7 Å². The fourth-order valence-electron chi connectivity index (χ4n) is 6.23. The number of nitrogens with zero attached hydrogens (tertiary/aromatic N) is 3. The third kappa shape index (κ3) is 21.2. The molecule has 1 aliphatic carbocycles. The summed E-state index contributed by atoms with van der Waals surface area (Å²) >= 11 is 6.55. The third-order valence-corrected chi connectivity index (χ3v) is 14.1. The van der Waals surface area contributed by atoms with Gasteiger partial charge in [-0.25, -0.2) is 0 Å². The molecule has 0 aromatic rings. The van der Waals surface area contributed by atoms with E-state index in [0.717, 1.165) is 55.2 Å². The summed E-state index contributed by atoms with van der Waals surface area (Å²) in [4.78, 5) is 20.0. The van der Waals surface area contributed by atoms with Crippen molar-refractivity contribution in [3.05, 3.63) is 0 Å². The minimum atomic E-state index is 0.0797. The molecule has 0 N–H and O–H groups in total. The van der Waals surface area contributed by atoms with Crippen LogP contribution in [-0.4, -0.2) is 122 Å². The van der Waals surface area contributed by atoms with Crippen LogP contribution in [0.3, 0.4) is 0 Å². The first-order valence-corrected chi connectivity index (χ1v) is 21.5. The van der Waals surface area contributed by atoms with Crippen molar-refractivity contribution in [2.45, 2.75) is 120 Å². The van der Waals surface area contributed by atoms with Crippen LogP contribution < -0.4 is 0 Å². The second-order valence-corrected chi connectivity index (χ2v) is 18.9. The molecule has 0 aliphatic heterocycles. The third-order valence-electron chi connectivity index (χ3n) is 9.47. The second-order valence-electron chi connectivity index (χ2n) is 14.9. The smallest absolute Gasteiger partial charge is 0.308 e. The standard InChI is InChI=1S/C37H75N3O2S3/c1-11-12-13-14-15-25-42-37(41)33-18-17-32(36(29-33)45-28-24-40(9)10)19-21-35(44-27-23-39(7)8)31(4)16-20-34(30(2)3)43-26-22-38(5)6/h30-36H,11-29H2,1-10H3. The van der Waals surface area contributed by atoms with Crippen molar-refractivity contribution in [1.29, 1.82) is 0 Å². The highest BCUT2D eigenvalue weighted by molar-refractivity contribution is 8.00. The van der Waals surface area contributed by atoms with Gasteiger partial charge in [0.25, 0.3) is 0 Å². The summed E-state index contributed by atoms with van der Waals surface area (Å²) in [6, 6.07) is 0. The van der Waals surface area contributed by atoms with Crippen molar-refractivity contribution in [3.63, 3.8) is 0 Å². The molecule has 0 saturated heterocycles. The lowest BCUT2D eigenvalue weighted by molar-refractivity contribution is -0.150. The molecular formula is C37H75N3O2S3. The number of hydrogen-bond donors (Lipinski definition) is 0. The molecule has 0 spiro atoms. The van der Waals surface area contributed by atoms with E-state index in [1.807, 2.05) is 0 Å². The van der Waals surface area contributed by atoms with Crippen LogP contribution in [0.1, 0.15) is 105 Å². The molecule has 5 nitrogen and oxygen atoms in total. The Morgan fingerprint density at radius 1 is 0.756 bits per heavy atom. The van der Waals surface area contributed by atoms with Gasteiger partial charge < -0.3 is 19.4 Å². The monoisotopic (exact) mass is 690 g/mol. The first-order chi connectivity index (χ1) is 21.4. The first kappa shape index (κ1) is 43.4. The Hall–Kier alpha value is 0.400. The topological polar surface area (TPSA) is 36.0 Å². The molecule has 1 saturated carbocycles. The molecule has 6 unspecified atom stereocenters. The summed E-state index contributed by atoms with van der Waals surface area (Å²) in [6.45, 7) is 13.6. The predicted octanol–water partition coefficient (Wildman–Crippen LogP) is 8.76. The molecule has 1 fully saturated rings. The Morgan fingerprint density at radius 2 is 1.36 bits per heavy atom. The largest absolute Gasteiger partial charge is 0.465 e. The molecule has 0 bridgehead atoms. The van der Waals surface area contributed by atoms with Crippen LogP contribution in [-0.2, 0) is 9.53 Å². The van der Waals surface area contributed by atoms with E-state index in [1.165, 1.54) is 75.8 Å². The summed E-state index contributed by atoms with van der Waals surface area (Å²) in [5, 5.41) is 2.04. The molecule has 45 heavy (non-hydrogen) atoms. The number of carbonyl (C=O) groups is 1. The Labute approximate surface area is 294 Å². The molecule has 8 heteroatoms. The van der Waals surface area contributed by atoms with Gasteiger partial charge in [0.1, 0.15) is 0 Å². The van der Waals surface area contributed by atoms with Gasteiger partial charge in [0.2, 0.25) is 0 Å². The lowest BCUT2D eigenvalue weighted by atomic mass is 9.78. The Balaban J connectivity index is 2.80. The number of unbranched alkanes of at least 4 members (excludes halogenated alkanes) is 4. The number of hydrogen-bond acceptors (Lipinski definition) is 8. The highest BCUT2D eigenvalue weighted by atomic mass is 32.2. The minimum Gasteiger partial charge on any atom is -0.465 e. The fourth-order valence-corrected chi connectivity index (χ4v) is 10.9. The van der Waals surface area contributed by atoms with Gasteiger partial charge in [0.15, 0.2) is 0 Å². The van der Waals surface area contributed by atoms with Gasteiger partial charge in [-0.05, 0) is 111 Å². The number of esters is 1. The van der Waals surface area contributed by atoms with Crippen LogP contribution >= 0.6 is 35.3 Å². The molecule has 6 atom stereocenters. The van der Waals surface area contributed by atoms with Crippen molar-refractivity contribution >= 4 is 41.3 Å². The molecule has 1 aliphatic rings. The van der Waals surface area contributed by atoms with Crippen molar-refractivity contribution in [3.8, 4) is 0 Å². The van der Waals surface area contributed by atoms with Crippen LogP contribution in [0.5, 0.6) is 0 Å². The van der Waals surface area contributed by atoms with Gasteiger partial charge in [0.05, 0.1) is 12.5 Å². The zero-order valence-electron chi connectivity index (χ0n) is 31.4. The molecule has 268 valence electrons. The van der Waals surface area contributed by atoms with Crippen LogP contribution in [0, 0.1) is 23.7 Å². The average molecular weight is 690 g/mol. The molecule has 0 amide bonds. The molecule has 0 radical (unpaired) electrons. The number of carbonyl (C=O) groups excluding carboxylic acids is 1. The number of rotatable bonds is 27. The van der Waals surface area contributed by atoms with Crippen LogP contribution in [0.25, 0.3) is 0 Å². The van der Waals surface area contributed by atoms with Crippen LogP contribution in [0.15, 0.2) is 0 Å². The fraction of sp³-hybridized carbons (Fsp3) is 0.973. The molecule has 0 aromatic carbocycles. The lowest BCUT2D eigenvalue weighted by Crippen LogP contribution is -2.34. The molecule has 0 aromatic heterocycles. The Kier molecular flexibility index (Phi) is 25.4. The van der Waals surface area contributed by atoms with Gasteiger partial charge >= 0.3 is 5.97 Å². The first-order valence-electron chi connectivity index (χ1n) is 18.4. The van der Waals surface area contributed by atoms with Gasteiger partial charge in [0, 0.05) is 52.6 Å². The Bertz CT molecular complexity index is 725. The van der Waals surface area contributed by atoms with Crippen molar-refractivity contribution < 1.29 is 9.53 Å². The van der Waals surface area contributed by atoms with E-state index in [2.05, 4.69) is 120 Å². The number of thioether (sulfide) groups is 3. The second kappa shape index (κ2) is 26.3. The summed E-state index contributed by atoms with van der Waals surface area (Å²) < 4.78 is 5.81. The maximum absolute atomic E-state index is 13.1. The minimum absolute atomic E-state index is 0.0797. The zero-order chi connectivity index (χ0) is 33.6. The predicted molar refractivity (Wildman–Crippen MR) is 207 cm³/mol. The van der Waals surface area contributed by atoms with E-state index in [4.69, 9.17) is 4.74 Å². The number of ether oxygens (including phenoxy) is 1. The van der Waals surface area contributed by atoms with Gasteiger partial charge in [-0.1, -0.05) is 53.4 Å². The van der Waals surface area contributed by atoms with Crippen molar-refractivity contribution in [2.75, 3.05) is 85.8 Å². The SMILES string of the molecule is CCCCCCCOC(=O)C1CCC(CCC(SCCN(C)C)C(C)CCC(SCCN(C)C)C(C)C)C(SCCN(C)C)C1. The van der Waals surface area contributed by atoms with E-state index in [1.54, 1.807) is 0 Å². The Morgan fingerprint density at radius 3 is 1.96 bits per heavy atom.